The average Bonchev–Trinajstić information content (AvgIpc) is 2.77. The number of fused-ring (bicyclic) bond motifs is 1. The van der Waals surface area contributed by atoms with E-state index in [1.54, 1.807) is 24.3 Å². The minimum atomic E-state index is -0.627. The Bertz CT molecular complexity index is 1210. The van der Waals surface area contributed by atoms with Crippen molar-refractivity contribution in [2.75, 3.05) is 20.8 Å². The van der Waals surface area contributed by atoms with Gasteiger partial charge in [0.2, 0.25) is 5.75 Å². The molecule has 0 unspecified atom stereocenters. The number of ether oxygens (including phenoxy) is 3. The first kappa shape index (κ1) is 23.3. The molecular weight excluding hydrogens is 480 g/mol. The van der Waals surface area contributed by atoms with Gasteiger partial charge in [-0.2, -0.15) is 9.78 Å². The molecule has 2 N–H and O–H groups in total. The zero-order valence-corrected chi connectivity index (χ0v) is 19.5. The summed E-state index contributed by atoms with van der Waals surface area (Å²) in [5.41, 5.74) is 6.10. The molecule has 0 fully saturated rings. The number of carbonyl (C=O) groups excluding carboxylic acids is 1. The van der Waals surface area contributed by atoms with Gasteiger partial charge in [0.25, 0.3) is 11.5 Å². The molecule has 0 aliphatic carbocycles. The predicted molar refractivity (Wildman–Crippen MR) is 125 cm³/mol. The third-order valence-electron chi connectivity index (χ3n) is 4.51. The van der Waals surface area contributed by atoms with Crippen molar-refractivity contribution in [3.8, 4) is 17.2 Å². The van der Waals surface area contributed by atoms with Gasteiger partial charge in [0.05, 0.1) is 31.3 Å². The highest BCUT2D eigenvalue weighted by Gasteiger charge is 2.15. The zero-order valence-electron chi connectivity index (χ0n) is 17.9. The average molecular weight is 503 g/mol. The Hall–Kier alpha value is -3.40. The van der Waals surface area contributed by atoms with Crippen LogP contribution >= 0.6 is 15.9 Å². The summed E-state index contributed by atoms with van der Waals surface area (Å²) >= 11 is 3.39. The minimum absolute atomic E-state index is 0.243. The number of aryl methyl sites for hydroxylation is 1. The molecule has 10 heteroatoms. The van der Waals surface area contributed by atoms with Gasteiger partial charge in [-0.15, -0.1) is 0 Å². The van der Waals surface area contributed by atoms with Crippen molar-refractivity contribution in [1.29, 1.82) is 0 Å². The number of aromatic nitrogens is 2. The molecule has 0 saturated heterocycles. The van der Waals surface area contributed by atoms with Gasteiger partial charge in [0.1, 0.15) is 5.82 Å². The van der Waals surface area contributed by atoms with Crippen molar-refractivity contribution in [1.82, 2.24) is 9.66 Å². The second-order valence-electron chi connectivity index (χ2n) is 6.81. The first-order valence-electron chi connectivity index (χ1n) is 9.80. The number of rotatable bonds is 9. The van der Waals surface area contributed by atoms with Gasteiger partial charge in [-0.05, 0) is 36.8 Å². The third kappa shape index (κ3) is 5.08. The van der Waals surface area contributed by atoms with Crippen molar-refractivity contribution in [3.63, 3.8) is 0 Å². The number of carbonyl (C=O) groups is 1. The van der Waals surface area contributed by atoms with Crippen molar-refractivity contribution >= 4 is 39.0 Å². The molecule has 9 nitrogen and oxygen atoms in total. The molecular formula is C22H23BrN4O5. The van der Waals surface area contributed by atoms with Crippen molar-refractivity contribution < 1.29 is 19.0 Å². The number of amides is 1. The smallest absolute Gasteiger partial charge is 0.282 e. The largest absolute Gasteiger partial charge is 0.493 e. The lowest BCUT2D eigenvalue weighted by Gasteiger charge is -2.14. The van der Waals surface area contributed by atoms with E-state index in [1.807, 2.05) is 13.0 Å². The highest BCUT2D eigenvalue weighted by molar-refractivity contribution is 9.10. The number of methoxy groups -OCH3 is 2. The maximum atomic E-state index is 13.1. The van der Waals surface area contributed by atoms with Gasteiger partial charge >= 0.3 is 0 Å². The number of nitrogens with two attached hydrogens (primary N) is 1. The summed E-state index contributed by atoms with van der Waals surface area (Å²) in [7, 11) is 2.92. The molecule has 32 heavy (non-hydrogen) atoms. The van der Waals surface area contributed by atoms with Crippen LogP contribution in [0.2, 0.25) is 0 Å². The Kier molecular flexibility index (Phi) is 7.47. The first-order chi connectivity index (χ1) is 15.4. The quantitative estimate of drug-likeness (QED) is 0.449. The SMILES string of the molecule is CCCc1nc2ccc(Br)cc2c(=O)n1N=Cc1cc(OC)c(OCC(N)=O)c(OC)c1. The van der Waals surface area contributed by atoms with E-state index in [2.05, 4.69) is 26.0 Å². The fraction of sp³-hybridized carbons (Fsp3) is 0.273. The van der Waals surface area contributed by atoms with Gasteiger partial charge in [-0.1, -0.05) is 22.9 Å². The van der Waals surface area contributed by atoms with Crippen LogP contribution in [-0.4, -0.2) is 42.6 Å². The molecule has 3 aromatic rings. The topological polar surface area (TPSA) is 118 Å². The first-order valence-corrected chi connectivity index (χ1v) is 10.6. The standard InChI is InChI=1S/C22H23BrN4O5/c1-4-5-20-26-16-7-6-14(23)10-15(16)22(29)27(20)25-11-13-8-17(30-2)21(18(9-13)31-3)32-12-19(24)28/h6-11H,4-5,12H2,1-3H3,(H2,24,28). The van der Waals surface area contributed by atoms with Crippen LogP contribution in [0.1, 0.15) is 24.7 Å². The monoisotopic (exact) mass is 502 g/mol. The number of primary amides is 1. The van der Waals surface area contributed by atoms with Crippen LogP contribution in [0.25, 0.3) is 10.9 Å². The van der Waals surface area contributed by atoms with E-state index in [9.17, 15) is 9.59 Å². The molecule has 2 aromatic carbocycles. The number of benzene rings is 2. The van der Waals surface area contributed by atoms with E-state index in [0.29, 0.717) is 40.2 Å². The van der Waals surface area contributed by atoms with Crippen LogP contribution in [0, 0.1) is 0 Å². The van der Waals surface area contributed by atoms with E-state index in [4.69, 9.17) is 19.9 Å². The van der Waals surface area contributed by atoms with E-state index < -0.39 is 5.91 Å². The van der Waals surface area contributed by atoms with E-state index in [0.717, 1.165) is 10.9 Å². The van der Waals surface area contributed by atoms with E-state index in [-0.39, 0.29) is 17.9 Å². The maximum absolute atomic E-state index is 13.1. The number of halogens is 1. The lowest BCUT2D eigenvalue weighted by Crippen LogP contribution is -2.22. The van der Waals surface area contributed by atoms with Gasteiger partial charge in [-0.3, -0.25) is 9.59 Å². The van der Waals surface area contributed by atoms with Crippen molar-refractivity contribution in [2.45, 2.75) is 19.8 Å². The van der Waals surface area contributed by atoms with Crippen LogP contribution in [0.4, 0.5) is 0 Å². The van der Waals surface area contributed by atoms with Gasteiger partial charge in [0, 0.05) is 16.5 Å². The summed E-state index contributed by atoms with van der Waals surface area (Å²) in [5.74, 6) is 0.830. The second kappa shape index (κ2) is 10.3. The highest BCUT2D eigenvalue weighted by atomic mass is 79.9. The molecule has 0 aliphatic rings. The van der Waals surface area contributed by atoms with Gasteiger partial charge < -0.3 is 19.9 Å². The van der Waals surface area contributed by atoms with Crippen LogP contribution in [-0.2, 0) is 11.2 Å². The molecule has 1 aromatic heterocycles. The summed E-state index contributed by atoms with van der Waals surface area (Å²) in [5, 5.41) is 4.86. The van der Waals surface area contributed by atoms with Crippen LogP contribution < -0.4 is 25.5 Å². The normalized spacial score (nSPS) is 11.1. The van der Waals surface area contributed by atoms with E-state index >= 15 is 0 Å². The summed E-state index contributed by atoms with van der Waals surface area (Å²) in [6.07, 6.45) is 2.90. The Balaban J connectivity index is 2.08. The summed E-state index contributed by atoms with van der Waals surface area (Å²) in [6, 6.07) is 8.67. The molecule has 0 saturated carbocycles. The zero-order chi connectivity index (χ0) is 23.3. The predicted octanol–water partition coefficient (Wildman–Crippen LogP) is 2.88. The molecule has 1 heterocycles. The van der Waals surface area contributed by atoms with Crippen LogP contribution in [0.15, 0.2) is 44.7 Å². The van der Waals surface area contributed by atoms with Crippen LogP contribution in [0.3, 0.4) is 0 Å². The Morgan fingerprint density at radius 3 is 2.50 bits per heavy atom. The van der Waals surface area contributed by atoms with Crippen molar-refractivity contribution in [2.24, 2.45) is 10.8 Å². The van der Waals surface area contributed by atoms with Gasteiger partial charge in [-0.25, -0.2) is 4.98 Å². The fourth-order valence-electron chi connectivity index (χ4n) is 3.08. The lowest BCUT2D eigenvalue weighted by molar-refractivity contribution is -0.120. The second-order valence-corrected chi connectivity index (χ2v) is 7.73. The summed E-state index contributed by atoms with van der Waals surface area (Å²) in [6.45, 7) is 1.68. The Morgan fingerprint density at radius 2 is 1.91 bits per heavy atom. The highest BCUT2D eigenvalue weighted by Crippen LogP contribution is 2.38. The lowest BCUT2D eigenvalue weighted by atomic mass is 10.2. The summed E-state index contributed by atoms with van der Waals surface area (Å²) in [4.78, 5) is 28.8. The van der Waals surface area contributed by atoms with Crippen LogP contribution in [0.5, 0.6) is 17.2 Å². The number of nitrogens with zero attached hydrogens (tertiary/aromatic N) is 3. The minimum Gasteiger partial charge on any atom is -0.493 e. The maximum Gasteiger partial charge on any atom is 0.282 e. The molecule has 0 atom stereocenters. The van der Waals surface area contributed by atoms with Crippen molar-refractivity contribution in [3.05, 3.63) is 56.5 Å². The molecule has 1 amide bonds. The molecule has 0 aliphatic heterocycles. The molecule has 3 rings (SSSR count). The Morgan fingerprint density at radius 1 is 1.22 bits per heavy atom. The fourth-order valence-corrected chi connectivity index (χ4v) is 3.45. The Labute approximate surface area is 192 Å². The van der Waals surface area contributed by atoms with Gasteiger partial charge in [0.15, 0.2) is 18.1 Å². The molecule has 168 valence electrons. The van der Waals surface area contributed by atoms with E-state index in [1.165, 1.54) is 25.1 Å². The molecule has 0 radical (unpaired) electrons. The third-order valence-corrected chi connectivity index (χ3v) is 5.01. The number of hydrogen-bond acceptors (Lipinski definition) is 7. The summed E-state index contributed by atoms with van der Waals surface area (Å²) < 4.78 is 18.2. The number of hydrogen-bond donors (Lipinski definition) is 1. The molecule has 0 spiro atoms. The molecule has 0 bridgehead atoms.